The first-order valence-corrected chi connectivity index (χ1v) is 9.68. The van der Waals surface area contributed by atoms with Crippen LogP contribution in [0.2, 0.25) is 0 Å². The molecular weight excluding hydrogens is 403 g/mol. The third-order valence-electron chi connectivity index (χ3n) is 4.36. The average molecular weight is 424 g/mol. The normalized spacial score (nSPS) is 10.9. The van der Waals surface area contributed by atoms with Crippen LogP contribution < -0.4 is 15.5 Å². The first-order chi connectivity index (χ1) is 15.0. The van der Waals surface area contributed by atoms with E-state index in [9.17, 15) is 18.8 Å². The molecule has 3 amide bonds. The van der Waals surface area contributed by atoms with Gasteiger partial charge in [-0.1, -0.05) is 13.3 Å². The number of rotatable bonds is 7. The van der Waals surface area contributed by atoms with Gasteiger partial charge in [0.05, 0.1) is 11.8 Å². The van der Waals surface area contributed by atoms with E-state index in [-0.39, 0.29) is 17.9 Å². The molecule has 0 bridgehead atoms. The monoisotopic (exact) mass is 424 g/mol. The van der Waals surface area contributed by atoms with Gasteiger partial charge in [-0.15, -0.1) is 0 Å². The Morgan fingerprint density at radius 1 is 1.16 bits per heavy atom. The number of carbonyl (C=O) groups excluding carboxylic acids is 3. The molecule has 0 aliphatic carbocycles. The van der Waals surface area contributed by atoms with Crippen LogP contribution in [0, 0.1) is 5.82 Å². The summed E-state index contributed by atoms with van der Waals surface area (Å²) in [5.74, 6) is -1.13. The number of halogens is 1. The largest absolute Gasteiger partial charge is 0.423 e. The third-order valence-corrected chi connectivity index (χ3v) is 4.36. The van der Waals surface area contributed by atoms with Crippen molar-refractivity contribution in [2.24, 2.45) is 5.10 Å². The fraction of sp³-hybridized carbons (Fsp3) is 0.182. The number of unbranched alkanes of at least 4 members (excludes halogenated alkanes) is 1. The van der Waals surface area contributed by atoms with Crippen molar-refractivity contribution in [3.63, 3.8) is 0 Å². The number of aromatic nitrogens is 1. The van der Waals surface area contributed by atoms with Crippen LogP contribution in [0.5, 0.6) is 5.75 Å². The number of fused-ring (bicyclic) bond motifs is 1. The van der Waals surface area contributed by atoms with Crippen molar-refractivity contribution in [1.82, 2.24) is 15.7 Å². The van der Waals surface area contributed by atoms with Crippen LogP contribution in [0.4, 0.5) is 9.18 Å². The zero-order valence-corrected chi connectivity index (χ0v) is 16.8. The number of aromatic amines is 1. The summed E-state index contributed by atoms with van der Waals surface area (Å²) in [5, 5.41) is 6.73. The Labute approximate surface area is 177 Å². The molecule has 3 aromatic rings. The van der Waals surface area contributed by atoms with Crippen LogP contribution in [0.15, 0.2) is 53.8 Å². The molecule has 8 nitrogen and oxygen atoms in total. The molecule has 31 heavy (non-hydrogen) atoms. The van der Waals surface area contributed by atoms with Crippen molar-refractivity contribution in [1.29, 1.82) is 0 Å². The lowest BCUT2D eigenvalue weighted by Crippen LogP contribution is -2.36. The Kier molecular flexibility index (Phi) is 7.10. The summed E-state index contributed by atoms with van der Waals surface area (Å²) < 4.78 is 18.4. The predicted octanol–water partition coefficient (Wildman–Crippen LogP) is 3.88. The molecule has 0 atom stereocenters. The van der Waals surface area contributed by atoms with E-state index < -0.39 is 17.8 Å². The fourth-order valence-corrected chi connectivity index (χ4v) is 2.76. The molecule has 0 aliphatic heterocycles. The summed E-state index contributed by atoms with van der Waals surface area (Å²) in [6.07, 6.45) is 4.91. The van der Waals surface area contributed by atoms with E-state index >= 15 is 0 Å². The van der Waals surface area contributed by atoms with Gasteiger partial charge < -0.3 is 9.72 Å². The van der Waals surface area contributed by atoms with Crippen LogP contribution in [0.1, 0.15) is 42.1 Å². The van der Waals surface area contributed by atoms with Crippen molar-refractivity contribution in [3.05, 3.63) is 65.6 Å². The minimum absolute atomic E-state index is 0.223. The summed E-state index contributed by atoms with van der Waals surface area (Å²) in [6, 6.07) is 9.32. The number of urea groups is 1. The molecule has 0 saturated carbocycles. The smallest absolute Gasteiger partial charge is 0.343 e. The fourth-order valence-electron chi connectivity index (χ4n) is 2.76. The van der Waals surface area contributed by atoms with Gasteiger partial charge in [0.15, 0.2) is 0 Å². The lowest BCUT2D eigenvalue weighted by Gasteiger charge is -2.05. The summed E-state index contributed by atoms with van der Waals surface area (Å²) in [7, 11) is 0. The summed E-state index contributed by atoms with van der Waals surface area (Å²) >= 11 is 0. The highest BCUT2D eigenvalue weighted by atomic mass is 19.1. The number of esters is 1. The van der Waals surface area contributed by atoms with Crippen LogP contribution >= 0.6 is 0 Å². The summed E-state index contributed by atoms with van der Waals surface area (Å²) in [4.78, 5) is 38.5. The van der Waals surface area contributed by atoms with Gasteiger partial charge in [-0.2, -0.15) is 5.10 Å². The van der Waals surface area contributed by atoms with Crippen LogP contribution in [0.3, 0.4) is 0 Å². The van der Waals surface area contributed by atoms with E-state index in [0.29, 0.717) is 23.1 Å². The van der Waals surface area contributed by atoms with E-state index in [4.69, 9.17) is 4.74 Å². The Morgan fingerprint density at radius 2 is 1.94 bits per heavy atom. The number of hydrazone groups is 1. The standard InChI is InChI=1S/C22H21FN4O4/c1-2-3-4-20(28)26-22(30)27-25-13-15-12-24-19-10-9-17(11-18(15)19)31-21(29)14-5-7-16(23)8-6-14/h5-13,24H,2-4H2,1H3,(H2,26,27,28,30)/b25-13+. The third kappa shape index (κ3) is 5.99. The lowest BCUT2D eigenvalue weighted by molar-refractivity contribution is -0.120. The van der Waals surface area contributed by atoms with E-state index in [1.807, 2.05) is 6.92 Å². The van der Waals surface area contributed by atoms with Crippen molar-refractivity contribution in [3.8, 4) is 5.75 Å². The first-order valence-electron chi connectivity index (χ1n) is 9.68. The Morgan fingerprint density at radius 3 is 2.68 bits per heavy atom. The van der Waals surface area contributed by atoms with Crippen LogP contribution in [-0.2, 0) is 4.79 Å². The van der Waals surface area contributed by atoms with Gasteiger partial charge in [0.25, 0.3) is 0 Å². The van der Waals surface area contributed by atoms with Crippen LogP contribution in [-0.4, -0.2) is 29.1 Å². The predicted molar refractivity (Wildman–Crippen MR) is 113 cm³/mol. The molecule has 0 saturated heterocycles. The quantitative estimate of drug-likeness (QED) is 0.231. The molecule has 1 aromatic heterocycles. The second-order valence-electron chi connectivity index (χ2n) is 6.70. The minimum Gasteiger partial charge on any atom is -0.423 e. The van der Waals surface area contributed by atoms with Gasteiger partial charge in [-0.25, -0.2) is 19.4 Å². The Hall–Kier alpha value is -4.01. The number of amides is 3. The highest BCUT2D eigenvalue weighted by Gasteiger charge is 2.11. The van der Waals surface area contributed by atoms with Crippen molar-refractivity contribution < 1.29 is 23.5 Å². The number of imide groups is 1. The summed E-state index contributed by atoms with van der Waals surface area (Å²) in [6.45, 7) is 1.95. The number of nitrogens with one attached hydrogen (secondary N) is 3. The van der Waals surface area contributed by atoms with Crippen molar-refractivity contribution in [2.45, 2.75) is 26.2 Å². The molecule has 0 spiro atoms. The SMILES string of the molecule is CCCCC(=O)NC(=O)N/N=C/c1c[nH]c2ccc(OC(=O)c3ccc(F)cc3)cc12. The molecular formula is C22H21FN4O4. The number of nitrogens with zero attached hydrogens (tertiary/aromatic N) is 1. The highest BCUT2D eigenvalue weighted by molar-refractivity contribution is 6.01. The average Bonchev–Trinajstić information content (AvgIpc) is 3.15. The van der Waals surface area contributed by atoms with Gasteiger partial charge in [0, 0.05) is 29.1 Å². The molecule has 3 rings (SSSR count). The molecule has 9 heteroatoms. The van der Waals surface area contributed by atoms with Gasteiger partial charge in [-0.05, 0) is 48.9 Å². The maximum absolute atomic E-state index is 13.0. The van der Waals surface area contributed by atoms with Crippen LogP contribution in [0.25, 0.3) is 10.9 Å². The molecule has 0 radical (unpaired) electrons. The van der Waals surface area contributed by atoms with Crippen molar-refractivity contribution in [2.75, 3.05) is 0 Å². The zero-order valence-electron chi connectivity index (χ0n) is 16.8. The van der Waals surface area contributed by atoms with Gasteiger partial charge in [0.2, 0.25) is 5.91 Å². The van der Waals surface area contributed by atoms with E-state index in [0.717, 1.165) is 11.9 Å². The highest BCUT2D eigenvalue weighted by Crippen LogP contribution is 2.23. The van der Waals surface area contributed by atoms with Gasteiger partial charge >= 0.3 is 12.0 Å². The number of benzene rings is 2. The Bertz CT molecular complexity index is 1120. The second kappa shape index (κ2) is 10.1. The van der Waals surface area contributed by atoms with Gasteiger partial charge in [0.1, 0.15) is 11.6 Å². The molecule has 3 N–H and O–H groups in total. The molecule has 0 aliphatic rings. The number of hydrogen-bond donors (Lipinski definition) is 3. The second-order valence-corrected chi connectivity index (χ2v) is 6.70. The molecule has 1 heterocycles. The van der Waals surface area contributed by atoms with E-state index in [2.05, 4.69) is 20.8 Å². The minimum atomic E-state index is -0.717. The maximum Gasteiger partial charge on any atom is 0.343 e. The van der Waals surface area contributed by atoms with Gasteiger partial charge in [-0.3, -0.25) is 10.1 Å². The number of hydrogen-bond acceptors (Lipinski definition) is 5. The number of H-pyrrole nitrogens is 1. The molecule has 0 unspecified atom stereocenters. The summed E-state index contributed by atoms with van der Waals surface area (Å²) in [5.41, 5.74) is 3.86. The zero-order chi connectivity index (χ0) is 22.2. The topological polar surface area (TPSA) is 113 Å². The van der Waals surface area contributed by atoms with E-state index in [1.165, 1.54) is 30.5 Å². The number of ether oxygens (including phenoxy) is 1. The molecule has 2 aromatic carbocycles. The maximum atomic E-state index is 13.0. The first kappa shape index (κ1) is 21.7. The van der Waals surface area contributed by atoms with Crippen molar-refractivity contribution >= 4 is 35.0 Å². The van der Waals surface area contributed by atoms with E-state index in [1.54, 1.807) is 24.4 Å². The molecule has 160 valence electrons. The number of carbonyl (C=O) groups is 3. The molecule has 0 fully saturated rings. The Balaban J connectivity index is 1.65. The lowest BCUT2D eigenvalue weighted by atomic mass is 10.2.